The monoisotopic (exact) mass is 380 g/mol. The molecule has 1 aromatic carbocycles. The van der Waals surface area contributed by atoms with Crippen molar-refractivity contribution in [2.24, 2.45) is 5.10 Å². The van der Waals surface area contributed by atoms with Gasteiger partial charge in [-0.3, -0.25) is 5.43 Å². The maximum Gasteiger partial charge on any atom is 0.347 e. The van der Waals surface area contributed by atoms with E-state index in [0.717, 1.165) is 37.1 Å². The molecule has 2 aromatic heterocycles. The number of hydrogen-bond donors (Lipinski definition) is 3. The molecule has 0 unspecified atom stereocenters. The number of aromatic nitrogens is 3. The minimum Gasteiger partial charge on any atom is -0.358 e. The van der Waals surface area contributed by atoms with Gasteiger partial charge >= 0.3 is 5.69 Å². The van der Waals surface area contributed by atoms with Crippen LogP contribution in [0.4, 0.5) is 11.5 Å². The van der Waals surface area contributed by atoms with Gasteiger partial charge in [0.2, 0.25) is 0 Å². The molecule has 0 aliphatic rings. The Morgan fingerprint density at radius 3 is 2.61 bits per heavy atom. The third-order valence-corrected chi connectivity index (χ3v) is 4.77. The molecule has 0 saturated carbocycles. The highest BCUT2D eigenvalue weighted by molar-refractivity contribution is 5.87. The fraction of sp³-hybridized carbons (Fsp3) is 0.381. The Kier molecular flexibility index (Phi) is 6.13. The zero-order valence-corrected chi connectivity index (χ0v) is 17.0. The molecule has 0 aliphatic heterocycles. The lowest BCUT2D eigenvalue weighted by molar-refractivity contribution is 0.730. The Morgan fingerprint density at radius 1 is 1.14 bits per heavy atom. The number of nitrogens with zero attached hydrogens (tertiary/aromatic N) is 3. The van der Waals surface area contributed by atoms with Gasteiger partial charge in [0, 0.05) is 35.8 Å². The highest BCUT2D eigenvalue weighted by atomic mass is 16.1. The molecule has 0 amide bonds. The summed E-state index contributed by atoms with van der Waals surface area (Å²) < 4.78 is 0. The van der Waals surface area contributed by atoms with Crippen molar-refractivity contribution < 1.29 is 0 Å². The number of rotatable bonds is 8. The number of anilines is 2. The Bertz CT molecular complexity index is 1030. The van der Waals surface area contributed by atoms with E-state index >= 15 is 0 Å². The summed E-state index contributed by atoms with van der Waals surface area (Å²) in [6.07, 6.45) is 3.61. The molecule has 0 radical (unpaired) electrons. The van der Waals surface area contributed by atoms with Crippen LogP contribution >= 0.6 is 0 Å². The van der Waals surface area contributed by atoms with Gasteiger partial charge in [-0.2, -0.15) is 10.1 Å². The number of aromatic amines is 2. The predicted octanol–water partition coefficient (Wildman–Crippen LogP) is 3.94. The number of H-pyrrole nitrogens is 2. The number of fused-ring (bicyclic) bond motifs is 1. The van der Waals surface area contributed by atoms with Gasteiger partial charge in [-0.25, -0.2) is 4.79 Å². The van der Waals surface area contributed by atoms with Crippen LogP contribution in [-0.4, -0.2) is 34.3 Å². The average molecular weight is 380 g/mol. The van der Waals surface area contributed by atoms with E-state index in [1.165, 1.54) is 16.6 Å². The van der Waals surface area contributed by atoms with Crippen LogP contribution < -0.4 is 16.0 Å². The minimum atomic E-state index is -0.365. The first kappa shape index (κ1) is 19.7. The smallest absolute Gasteiger partial charge is 0.347 e. The maximum atomic E-state index is 12.0. The van der Waals surface area contributed by atoms with Crippen LogP contribution in [0.25, 0.3) is 10.9 Å². The molecule has 148 valence electrons. The molecule has 28 heavy (non-hydrogen) atoms. The molecule has 3 rings (SSSR count). The number of benzene rings is 1. The predicted molar refractivity (Wildman–Crippen MR) is 117 cm³/mol. The number of hydrogen-bond acceptors (Lipinski definition) is 5. The zero-order valence-electron chi connectivity index (χ0n) is 17.0. The van der Waals surface area contributed by atoms with Crippen molar-refractivity contribution >= 4 is 28.6 Å². The summed E-state index contributed by atoms with van der Waals surface area (Å²) >= 11 is 0. The largest absolute Gasteiger partial charge is 0.358 e. The second kappa shape index (κ2) is 8.73. The fourth-order valence-corrected chi connectivity index (χ4v) is 3.28. The molecule has 0 saturated heterocycles. The maximum absolute atomic E-state index is 12.0. The minimum absolute atomic E-state index is 0.365. The highest BCUT2D eigenvalue weighted by Gasteiger charge is 2.08. The molecular formula is C21H28N6O. The molecule has 0 spiro atoms. The van der Waals surface area contributed by atoms with Crippen LogP contribution in [-0.2, 0) is 0 Å². The number of nitrogens with one attached hydrogen (secondary N) is 3. The molecular weight excluding hydrogens is 352 g/mol. The Balaban J connectivity index is 1.78. The fourth-order valence-electron chi connectivity index (χ4n) is 3.28. The van der Waals surface area contributed by atoms with Crippen LogP contribution in [0, 0.1) is 13.8 Å². The Morgan fingerprint density at radius 2 is 1.89 bits per heavy atom. The van der Waals surface area contributed by atoms with Crippen LogP contribution in [0.5, 0.6) is 0 Å². The second-order valence-corrected chi connectivity index (χ2v) is 6.99. The van der Waals surface area contributed by atoms with E-state index in [-0.39, 0.29) is 5.69 Å². The molecule has 3 aromatic rings. The first-order valence-corrected chi connectivity index (χ1v) is 9.76. The van der Waals surface area contributed by atoms with E-state index in [1.54, 1.807) is 6.21 Å². The van der Waals surface area contributed by atoms with Gasteiger partial charge in [0.25, 0.3) is 0 Å². The Labute approximate surface area is 164 Å². The Hall–Kier alpha value is -3.09. The molecule has 0 fully saturated rings. The lowest BCUT2D eigenvalue weighted by Gasteiger charge is -2.22. The van der Waals surface area contributed by atoms with Crippen LogP contribution in [0.2, 0.25) is 0 Å². The van der Waals surface area contributed by atoms with E-state index in [4.69, 9.17) is 0 Å². The quantitative estimate of drug-likeness (QED) is 0.408. The van der Waals surface area contributed by atoms with Crippen molar-refractivity contribution in [2.45, 2.75) is 40.5 Å². The molecule has 0 aliphatic carbocycles. The normalized spacial score (nSPS) is 11.4. The van der Waals surface area contributed by atoms with E-state index in [9.17, 15) is 4.79 Å². The van der Waals surface area contributed by atoms with Crippen molar-refractivity contribution in [2.75, 3.05) is 23.4 Å². The SMILES string of the molecule is CCCN(CCC)c1cc(/C=N/Nc2ccc3[nH]c(C)c(C)c3c2)[nH]c(=O)n1. The number of aryl methyl sites for hydroxylation is 2. The van der Waals surface area contributed by atoms with E-state index < -0.39 is 0 Å². The second-order valence-electron chi connectivity index (χ2n) is 6.99. The first-order valence-electron chi connectivity index (χ1n) is 9.76. The van der Waals surface area contributed by atoms with Crippen LogP contribution in [0.1, 0.15) is 43.6 Å². The van der Waals surface area contributed by atoms with Gasteiger partial charge in [-0.15, -0.1) is 0 Å². The topological polar surface area (TPSA) is 89.2 Å². The van der Waals surface area contributed by atoms with Crippen molar-refractivity contribution in [3.8, 4) is 0 Å². The van der Waals surface area contributed by atoms with Gasteiger partial charge in [-0.05, 0) is 50.5 Å². The first-order chi connectivity index (χ1) is 13.5. The van der Waals surface area contributed by atoms with Gasteiger partial charge in [0.05, 0.1) is 17.6 Å². The van der Waals surface area contributed by atoms with Gasteiger partial charge in [-0.1, -0.05) is 13.8 Å². The van der Waals surface area contributed by atoms with Gasteiger partial charge in [0.1, 0.15) is 5.82 Å². The lowest BCUT2D eigenvalue weighted by Crippen LogP contribution is -2.28. The molecule has 2 heterocycles. The summed E-state index contributed by atoms with van der Waals surface area (Å²) in [7, 11) is 0. The van der Waals surface area contributed by atoms with Crippen molar-refractivity contribution in [3.63, 3.8) is 0 Å². The van der Waals surface area contributed by atoms with Gasteiger partial charge in [0.15, 0.2) is 0 Å². The standard InChI is InChI=1S/C21H28N6O/c1-5-9-27(10-6-2)20-12-17(24-21(28)25-20)13-22-26-16-7-8-19-18(11-16)14(3)15(4)23-19/h7-8,11-13,23,26H,5-6,9-10H2,1-4H3,(H,24,25,28)/b22-13+. The van der Waals surface area contributed by atoms with Crippen LogP contribution in [0.15, 0.2) is 34.2 Å². The average Bonchev–Trinajstić information content (AvgIpc) is 2.95. The van der Waals surface area contributed by atoms with Crippen molar-refractivity contribution in [1.29, 1.82) is 0 Å². The van der Waals surface area contributed by atoms with Crippen molar-refractivity contribution in [1.82, 2.24) is 15.0 Å². The van der Waals surface area contributed by atoms with E-state index in [1.807, 2.05) is 18.2 Å². The summed E-state index contributed by atoms with van der Waals surface area (Å²) in [5.74, 6) is 0.689. The third-order valence-electron chi connectivity index (χ3n) is 4.77. The van der Waals surface area contributed by atoms with E-state index in [2.05, 4.69) is 64.1 Å². The zero-order chi connectivity index (χ0) is 20.1. The number of hydrazone groups is 1. The van der Waals surface area contributed by atoms with Gasteiger partial charge < -0.3 is 14.9 Å². The molecule has 0 bridgehead atoms. The summed E-state index contributed by atoms with van der Waals surface area (Å²) in [6, 6.07) is 7.93. The van der Waals surface area contributed by atoms with E-state index in [0.29, 0.717) is 11.5 Å². The molecule has 3 N–H and O–H groups in total. The molecule has 7 nitrogen and oxygen atoms in total. The van der Waals surface area contributed by atoms with Crippen LogP contribution in [0.3, 0.4) is 0 Å². The molecule has 0 atom stereocenters. The summed E-state index contributed by atoms with van der Waals surface area (Å²) in [6.45, 7) is 10.1. The summed E-state index contributed by atoms with van der Waals surface area (Å²) in [5.41, 5.74) is 7.70. The molecule has 7 heteroatoms. The third kappa shape index (κ3) is 4.42. The summed E-state index contributed by atoms with van der Waals surface area (Å²) in [5, 5.41) is 5.46. The highest BCUT2D eigenvalue weighted by Crippen LogP contribution is 2.24. The summed E-state index contributed by atoms with van der Waals surface area (Å²) in [4.78, 5) is 24.3. The van der Waals surface area contributed by atoms with Crippen molar-refractivity contribution in [3.05, 3.63) is 51.7 Å². The lowest BCUT2D eigenvalue weighted by atomic mass is 10.1.